The van der Waals surface area contributed by atoms with Gasteiger partial charge in [-0.2, -0.15) is 5.26 Å². The molecular weight excluding hydrogens is 378 g/mol. The predicted molar refractivity (Wildman–Crippen MR) is 96.9 cm³/mol. The zero-order valence-corrected chi connectivity index (χ0v) is 16.6. The maximum absolute atomic E-state index is 14.4. The molecule has 0 saturated heterocycles. The van der Waals surface area contributed by atoms with Crippen molar-refractivity contribution in [3.63, 3.8) is 0 Å². The largest absolute Gasteiger partial charge is 0.444 e. The fourth-order valence-corrected chi connectivity index (χ4v) is 3.27. The Labute approximate surface area is 158 Å². The van der Waals surface area contributed by atoms with Crippen LogP contribution in [0.5, 0.6) is 0 Å². The number of ether oxygens (including phenoxy) is 1. The van der Waals surface area contributed by atoms with Crippen LogP contribution in [-0.4, -0.2) is 38.3 Å². The highest BCUT2D eigenvalue weighted by Crippen LogP contribution is 2.31. The van der Waals surface area contributed by atoms with Gasteiger partial charge in [-0.1, -0.05) is 18.2 Å². The molecule has 1 N–H and O–H groups in total. The fraction of sp³-hybridized carbons (Fsp3) is 0.556. The molecule has 6 nitrogen and oxygen atoms in total. The highest BCUT2D eigenvalue weighted by atomic mass is 32.2. The van der Waals surface area contributed by atoms with Crippen molar-refractivity contribution in [2.45, 2.75) is 50.0 Å². The number of hydrogen-bond donors (Lipinski definition) is 1. The first kappa shape index (κ1) is 22.8. The Morgan fingerprint density at radius 2 is 1.93 bits per heavy atom. The first-order valence-corrected chi connectivity index (χ1v) is 10.2. The molecule has 0 aliphatic heterocycles. The van der Waals surface area contributed by atoms with Crippen LogP contribution in [0.4, 0.5) is 13.6 Å². The maximum atomic E-state index is 14.4. The molecule has 0 spiro atoms. The number of amides is 1. The third-order valence-corrected chi connectivity index (χ3v) is 5.23. The van der Waals surface area contributed by atoms with Gasteiger partial charge >= 0.3 is 6.09 Å². The molecule has 0 fully saturated rings. The lowest BCUT2D eigenvalue weighted by Crippen LogP contribution is -2.50. The van der Waals surface area contributed by atoms with Gasteiger partial charge in [0, 0.05) is 11.8 Å². The Hall–Kier alpha value is -2.21. The van der Waals surface area contributed by atoms with E-state index in [4.69, 9.17) is 10.00 Å². The van der Waals surface area contributed by atoms with Gasteiger partial charge in [0.05, 0.1) is 11.6 Å². The molecule has 0 heterocycles. The first-order chi connectivity index (χ1) is 12.3. The van der Waals surface area contributed by atoms with E-state index in [1.165, 1.54) is 18.2 Å². The molecule has 9 heteroatoms. The van der Waals surface area contributed by atoms with Crippen LogP contribution >= 0.6 is 0 Å². The first-order valence-electron chi connectivity index (χ1n) is 8.25. The lowest BCUT2D eigenvalue weighted by molar-refractivity contribution is 0.0417. The van der Waals surface area contributed by atoms with E-state index in [1.54, 1.807) is 26.8 Å². The quantitative estimate of drug-likeness (QED) is 0.755. The maximum Gasteiger partial charge on any atom is 0.408 e. The standard InChI is InChI=1S/C18H24F2N2O4S/c1-17(2,3)26-16(23)22-18(12-19,14-7-5-6-8-15(14)20)10-9-13(11-21)27(4,24)25/h5-8,13H,9-10,12H2,1-4H3,(H,22,23)/t13?,18-/m1/s1. The molecule has 0 saturated carbocycles. The summed E-state index contributed by atoms with van der Waals surface area (Å²) >= 11 is 0. The van der Waals surface area contributed by atoms with Crippen molar-refractivity contribution in [3.05, 3.63) is 35.6 Å². The highest BCUT2D eigenvalue weighted by Gasteiger charge is 2.39. The van der Waals surface area contributed by atoms with E-state index in [0.29, 0.717) is 0 Å². The second-order valence-electron chi connectivity index (χ2n) is 7.31. The van der Waals surface area contributed by atoms with Crippen LogP contribution in [0, 0.1) is 17.1 Å². The van der Waals surface area contributed by atoms with Crippen LogP contribution in [0.25, 0.3) is 0 Å². The number of hydrogen-bond acceptors (Lipinski definition) is 5. The molecule has 0 bridgehead atoms. The van der Waals surface area contributed by atoms with Crippen LogP contribution < -0.4 is 5.32 Å². The Morgan fingerprint density at radius 1 is 1.33 bits per heavy atom. The Balaban J connectivity index is 3.28. The molecular formula is C18H24F2N2O4S. The van der Waals surface area contributed by atoms with Crippen LogP contribution in [0.15, 0.2) is 24.3 Å². The van der Waals surface area contributed by atoms with Crippen LogP contribution in [0.2, 0.25) is 0 Å². The van der Waals surface area contributed by atoms with Gasteiger partial charge in [0.1, 0.15) is 23.3 Å². The smallest absolute Gasteiger partial charge is 0.408 e. The molecule has 1 amide bonds. The molecule has 1 unspecified atom stereocenters. The summed E-state index contributed by atoms with van der Waals surface area (Å²) in [6.07, 6.45) is -0.683. The molecule has 2 atom stereocenters. The van der Waals surface area contributed by atoms with Gasteiger partial charge in [0.15, 0.2) is 9.84 Å². The van der Waals surface area contributed by atoms with Crippen molar-refractivity contribution in [2.75, 3.05) is 12.9 Å². The van der Waals surface area contributed by atoms with E-state index in [2.05, 4.69) is 5.32 Å². The van der Waals surface area contributed by atoms with Crippen molar-refractivity contribution in [1.29, 1.82) is 5.26 Å². The van der Waals surface area contributed by atoms with Gasteiger partial charge in [-0.3, -0.25) is 0 Å². The van der Waals surface area contributed by atoms with E-state index in [0.717, 1.165) is 12.3 Å². The number of benzene rings is 1. The Bertz CT molecular complexity index is 815. The predicted octanol–water partition coefficient (Wildman–Crippen LogP) is 3.23. The second kappa shape index (κ2) is 8.65. The zero-order valence-electron chi connectivity index (χ0n) is 15.8. The lowest BCUT2D eigenvalue weighted by Gasteiger charge is -2.34. The average molecular weight is 402 g/mol. The summed E-state index contributed by atoms with van der Waals surface area (Å²) in [5.41, 5.74) is -2.89. The van der Waals surface area contributed by atoms with Gasteiger partial charge in [-0.15, -0.1) is 0 Å². The SMILES string of the molecule is CC(C)(C)OC(=O)N[C@@](CF)(CCC(C#N)S(C)(=O)=O)c1ccccc1F. The van der Waals surface area contributed by atoms with Gasteiger partial charge in [-0.25, -0.2) is 22.0 Å². The highest BCUT2D eigenvalue weighted by molar-refractivity contribution is 7.91. The number of carbonyl (C=O) groups is 1. The number of nitriles is 1. The summed E-state index contributed by atoms with van der Waals surface area (Å²) in [7, 11) is -3.72. The molecule has 1 aromatic carbocycles. The minimum Gasteiger partial charge on any atom is -0.444 e. The number of alkyl carbamates (subject to hydrolysis) is 1. The summed E-state index contributed by atoms with van der Waals surface area (Å²) in [6.45, 7) is 3.63. The van der Waals surface area contributed by atoms with Gasteiger partial charge < -0.3 is 10.1 Å². The number of nitrogens with zero attached hydrogens (tertiary/aromatic N) is 1. The number of rotatable bonds is 7. The van der Waals surface area contributed by atoms with Crippen molar-refractivity contribution in [1.82, 2.24) is 5.32 Å². The third kappa shape index (κ3) is 6.47. The van der Waals surface area contributed by atoms with Gasteiger partial charge in [0.25, 0.3) is 0 Å². The van der Waals surface area contributed by atoms with Crippen molar-refractivity contribution < 1.29 is 26.7 Å². The summed E-state index contributed by atoms with van der Waals surface area (Å²) in [6, 6.07) is 6.93. The van der Waals surface area contributed by atoms with Gasteiger partial charge in [0.2, 0.25) is 0 Å². The topological polar surface area (TPSA) is 96.3 Å². The Kier molecular flexibility index (Phi) is 7.32. The molecule has 150 valence electrons. The van der Waals surface area contributed by atoms with E-state index in [1.807, 2.05) is 0 Å². The number of alkyl halides is 1. The molecule has 0 aliphatic rings. The van der Waals surface area contributed by atoms with Crippen LogP contribution in [0.3, 0.4) is 0 Å². The minimum absolute atomic E-state index is 0.149. The monoisotopic (exact) mass is 402 g/mol. The fourth-order valence-electron chi connectivity index (χ4n) is 2.54. The van der Waals surface area contributed by atoms with E-state index in [9.17, 15) is 22.0 Å². The summed E-state index contributed by atoms with van der Waals surface area (Å²) < 4.78 is 57.0. The lowest BCUT2D eigenvalue weighted by atomic mass is 9.85. The number of carbonyl (C=O) groups excluding carboxylic acids is 1. The molecule has 0 aliphatic carbocycles. The van der Waals surface area contributed by atoms with Crippen molar-refractivity contribution >= 4 is 15.9 Å². The zero-order chi connectivity index (χ0) is 20.9. The van der Waals surface area contributed by atoms with E-state index < -0.39 is 44.8 Å². The minimum atomic E-state index is -3.72. The molecule has 27 heavy (non-hydrogen) atoms. The molecule has 0 aromatic heterocycles. The summed E-state index contributed by atoms with van der Waals surface area (Å²) in [5, 5.41) is 10.0. The van der Waals surface area contributed by atoms with Gasteiger partial charge in [-0.05, 0) is 39.7 Å². The third-order valence-electron chi connectivity index (χ3n) is 3.85. The number of nitrogens with one attached hydrogen (secondary N) is 1. The number of sulfone groups is 1. The van der Waals surface area contributed by atoms with Crippen molar-refractivity contribution in [2.24, 2.45) is 0 Å². The van der Waals surface area contributed by atoms with Crippen molar-refractivity contribution in [3.8, 4) is 6.07 Å². The summed E-state index contributed by atoms with van der Waals surface area (Å²) in [5.74, 6) is -0.765. The average Bonchev–Trinajstić information content (AvgIpc) is 2.51. The molecule has 1 rings (SSSR count). The van der Waals surface area contributed by atoms with Crippen LogP contribution in [-0.2, 0) is 20.1 Å². The number of halogens is 2. The molecule has 0 radical (unpaired) electrons. The summed E-state index contributed by atoms with van der Waals surface area (Å²) in [4.78, 5) is 12.2. The van der Waals surface area contributed by atoms with E-state index in [-0.39, 0.29) is 18.4 Å². The Morgan fingerprint density at radius 3 is 2.37 bits per heavy atom. The van der Waals surface area contributed by atoms with Crippen LogP contribution in [0.1, 0.15) is 39.2 Å². The second-order valence-corrected chi connectivity index (χ2v) is 9.54. The van der Waals surface area contributed by atoms with E-state index >= 15 is 0 Å². The normalized spacial score (nSPS) is 15.3. The molecule has 1 aromatic rings.